The number of halogens is 1. The zero-order valence-electron chi connectivity index (χ0n) is 10.3. The molecule has 0 spiro atoms. The minimum absolute atomic E-state index is 0.146. The number of nitrogens with one attached hydrogen (secondary N) is 2. The lowest BCUT2D eigenvalue weighted by atomic mass is 10.1. The van der Waals surface area contributed by atoms with Crippen LogP contribution in [0.3, 0.4) is 0 Å². The Balaban J connectivity index is 2.65. The van der Waals surface area contributed by atoms with E-state index in [0.29, 0.717) is 5.56 Å². The zero-order valence-corrected chi connectivity index (χ0v) is 10.3. The summed E-state index contributed by atoms with van der Waals surface area (Å²) in [5.41, 5.74) is 6.26. The van der Waals surface area contributed by atoms with Crippen LogP contribution in [-0.4, -0.2) is 25.4 Å². The van der Waals surface area contributed by atoms with Crippen LogP contribution >= 0.6 is 0 Å². The highest BCUT2D eigenvalue weighted by Gasteiger charge is 2.11. The largest absolute Gasteiger partial charge is 0.398 e. The molecular formula is C12H16FN3O2. The quantitative estimate of drug-likeness (QED) is 0.686. The lowest BCUT2D eigenvalue weighted by molar-refractivity contribution is -0.120. The first-order chi connectivity index (χ1) is 8.45. The van der Waals surface area contributed by atoms with Gasteiger partial charge in [0.05, 0.1) is 0 Å². The second-order valence-electron chi connectivity index (χ2n) is 3.85. The number of hydrogen-bond donors (Lipinski definition) is 3. The van der Waals surface area contributed by atoms with E-state index < -0.39 is 11.7 Å². The van der Waals surface area contributed by atoms with E-state index in [1.54, 1.807) is 0 Å². The van der Waals surface area contributed by atoms with Gasteiger partial charge in [-0.2, -0.15) is 0 Å². The molecule has 0 radical (unpaired) electrons. The number of hydrogen-bond acceptors (Lipinski definition) is 3. The average molecular weight is 253 g/mol. The van der Waals surface area contributed by atoms with Gasteiger partial charge in [0.1, 0.15) is 5.82 Å². The van der Waals surface area contributed by atoms with Crippen LogP contribution in [0.1, 0.15) is 22.3 Å². The van der Waals surface area contributed by atoms with E-state index >= 15 is 0 Å². The van der Waals surface area contributed by atoms with E-state index in [0.717, 1.165) is 6.07 Å². The van der Waals surface area contributed by atoms with Crippen LogP contribution < -0.4 is 16.4 Å². The second kappa shape index (κ2) is 6.00. The minimum atomic E-state index is -0.522. The number of nitrogens with two attached hydrogens (primary N) is 1. The maximum absolute atomic E-state index is 13.4. The van der Waals surface area contributed by atoms with Gasteiger partial charge in [0, 0.05) is 36.8 Å². The first-order valence-electron chi connectivity index (χ1n) is 5.50. The van der Waals surface area contributed by atoms with Crippen LogP contribution in [0, 0.1) is 12.7 Å². The van der Waals surface area contributed by atoms with Gasteiger partial charge in [-0.25, -0.2) is 4.39 Å². The first-order valence-corrected chi connectivity index (χ1v) is 5.50. The Hall–Kier alpha value is -2.11. The predicted octanol–water partition coefficient (Wildman–Crippen LogP) is 0.582. The second-order valence-corrected chi connectivity index (χ2v) is 3.85. The molecule has 1 aromatic carbocycles. The summed E-state index contributed by atoms with van der Waals surface area (Å²) in [7, 11) is 1.51. The molecule has 0 aliphatic rings. The molecule has 2 amide bonds. The Labute approximate surface area is 105 Å². The summed E-state index contributed by atoms with van der Waals surface area (Å²) in [4.78, 5) is 22.6. The van der Waals surface area contributed by atoms with Crippen molar-refractivity contribution in [2.75, 3.05) is 19.3 Å². The summed E-state index contributed by atoms with van der Waals surface area (Å²) in [6.45, 7) is 1.73. The van der Waals surface area contributed by atoms with Crippen molar-refractivity contribution in [2.24, 2.45) is 0 Å². The number of rotatable bonds is 4. The minimum Gasteiger partial charge on any atom is -0.398 e. The molecule has 0 aliphatic heterocycles. The number of benzene rings is 1. The fourth-order valence-electron chi connectivity index (χ4n) is 1.35. The number of nitrogen functional groups attached to an aromatic ring is 1. The Bertz CT molecular complexity index is 451. The van der Waals surface area contributed by atoms with Gasteiger partial charge < -0.3 is 16.4 Å². The third-order valence-electron chi connectivity index (χ3n) is 2.56. The van der Waals surface area contributed by atoms with Gasteiger partial charge in [0.2, 0.25) is 5.91 Å². The predicted molar refractivity (Wildman–Crippen MR) is 66.6 cm³/mol. The van der Waals surface area contributed by atoms with Crippen LogP contribution in [0.2, 0.25) is 0 Å². The van der Waals surface area contributed by atoms with E-state index in [1.165, 1.54) is 20.0 Å². The lowest BCUT2D eigenvalue weighted by Gasteiger charge is -2.07. The summed E-state index contributed by atoms with van der Waals surface area (Å²) in [5.74, 6) is -1.15. The van der Waals surface area contributed by atoms with Gasteiger partial charge in [-0.1, -0.05) is 0 Å². The van der Waals surface area contributed by atoms with E-state index in [2.05, 4.69) is 10.6 Å². The van der Waals surface area contributed by atoms with E-state index in [4.69, 9.17) is 5.73 Å². The summed E-state index contributed by atoms with van der Waals surface area (Å²) >= 11 is 0. The molecule has 0 atom stereocenters. The molecule has 1 rings (SSSR count). The monoisotopic (exact) mass is 253 g/mol. The number of amides is 2. The third kappa shape index (κ3) is 3.44. The Morgan fingerprint density at radius 1 is 1.39 bits per heavy atom. The maximum atomic E-state index is 13.4. The molecule has 0 fully saturated rings. The third-order valence-corrected chi connectivity index (χ3v) is 2.56. The van der Waals surface area contributed by atoms with Crippen LogP contribution in [0.25, 0.3) is 0 Å². The summed E-state index contributed by atoms with van der Waals surface area (Å²) in [6.07, 6.45) is 0.173. The molecule has 0 aromatic heterocycles. The van der Waals surface area contributed by atoms with E-state index in [9.17, 15) is 14.0 Å². The number of carbonyl (C=O) groups is 2. The SMILES string of the molecule is CNC(=O)CCNC(=O)c1cc(N)c(C)c(F)c1. The van der Waals surface area contributed by atoms with Gasteiger partial charge in [-0.15, -0.1) is 0 Å². The number of carbonyl (C=O) groups excluding carboxylic acids is 2. The first kappa shape index (κ1) is 14.0. The molecule has 6 heteroatoms. The van der Waals surface area contributed by atoms with Gasteiger partial charge in [0.15, 0.2) is 0 Å². The lowest BCUT2D eigenvalue weighted by Crippen LogP contribution is -2.29. The normalized spacial score (nSPS) is 9.94. The van der Waals surface area contributed by atoms with Gasteiger partial charge in [-0.3, -0.25) is 9.59 Å². The summed E-state index contributed by atoms with van der Waals surface area (Å²) in [5, 5.41) is 4.95. The molecule has 0 saturated carbocycles. The fraction of sp³-hybridized carbons (Fsp3) is 0.333. The topological polar surface area (TPSA) is 84.2 Å². The summed E-state index contributed by atoms with van der Waals surface area (Å²) in [6, 6.07) is 2.54. The van der Waals surface area contributed by atoms with Crippen molar-refractivity contribution in [1.29, 1.82) is 0 Å². The molecule has 98 valence electrons. The van der Waals surface area contributed by atoms with Crippen molar-refractivity contribution in [3.63, 3.8) is 0 Å². The molecule has 4 N–H and O–H groups in total. The van der Waals surface area contributed by atoms with Crippen LogP contribution in [-0.2, 0) is 4.79 Å². The van der Waals surface area contributed by atoms with Crippen molar-refractivity contribution in [2.45, 2.75) is 13.3 Å². The molecule has 0 bridgehead atoms. The molecular weight excluding hydrogens is 237 g/mol. The summed E-state index contributed by atoms with van der Waals surface area (Å²) < 4.78 is 13.4. The highest BCUT2D eigenvalue weighted by atomic mass is 19.1. The van der Waals surface area contributed by atoms with Crippen LogP contribution in [0.5, 0.6) is 0 Å². The molecule has 5 nitrogen and oxygen atoms in total. The molecule has 0 saturated heterocycles. The zero-order chi connectivity index (χ0) is 13.7. The molecule has 0 heterocycles. The van der Waals surface area contributed by atoms with Crippen molar-refractivity contribution >= 4 is 17.5 Å². The van der Waals surface area contributed by atoms with Gasteiger partial charge >= 0.3 is 0 Å². The van der Waals surface area contributed by atoms with Gasteiger partial charge in [-0.05, 0) is 19.1 Å². The molecule has 0 aliphatic carbocycles. The van der Waals surface area contributed by atoms with Crippen molar-refractivity contribution in [3.8, 4) is 0 Å². The Morgan fingerprint density at radius 3 is 2.61 bits per heavy atom. The molecule has 1 aromatic rings. The van der Waals surface area contributed by atoms with Gasteiger partial charge in [0.25, 0.3) is 5.91 Å². The Morgan fingerprint density at radius 2 is 2.06 bits per heavy atom. The van der Waals surface area contributed by atoms with Crippen molar-refractivity contribution in [3.05, 3.63) is 29.1 Å². The molecule has 18 heavy (non-hydrogen) atoms. The van der Waals surface area contributed by atoms with E-state index in [-0.39, 0.29) is 30.1 Å². The fourth-order valence-corrected chi connectivity index (χ4v) is 1.35. The molecule has 0 unspecified atom stereocenters. The van der Waals surface area contributed by atoms with Crippen molar-refractivity contribution in [1.82, 2.24) is 10.6 Å². The highest BCUT2D eigenvalue weighted by molar-refractivity contribution is 5.95. The van der Waals surface area contributed by atoms with Crippen LogP contribution in [0.4, 0.5) is 10.1 Å². The smallest absolute Gasteiger partial charge is 0.251 e. The highest BCUT2D eigenvalue weighted by Crippen LogP contribution is 2.17. The standard InChI is InChI=1S/C12H16FN3O2/c1-7-9(13)5-8(6-10(7)14)12(18)16-4-3-11(17)15-2/h5-6H,3-4,14H2,1-2H3,(H,15,17)(H,16,18). The van der Waals surface area contributed by atoms with E-state index in [1.807, 2.05) is 0 Å². The van der Waals surface area contributed by atoms with Crippen LogP contribution in [0.15, 0.2) is 12.1 Å². The average Bonchev–Trinajstić information content (AvgIpc) is 2.34. The van der Waals surface area contributed by atoms with Crippen molar-refractivity contribution < 1.29 is 14.0 Å². The number of anilines is 1. The Kier molecular flexibility index (Phi) is 4.65. The maximum Gasteiger partial charge on any atom is 0.251 e.